The number of hydrogen-bond acceptors (Lipinski definition) is 2. The maximum Gasteiger partial charge on any atom is 0.315 e. The number of thiophene rings is 1. The lowest BCUT2D eigenvalue weighted by Crippen LogP contribution is -2.38. The summed E-state index contributed by atoms with van der Waals surface area (Å²) in [6, 6.07) is 11.0. The quantitative estimate of drug-likeness (QED) is 0.675. The summed E-state index contributed by atoms with van der Waals surface area (Å²) in [7, 11) is 0. The minimum Gasteiger partial charge on any atom is -0.338 e. The Balaban J connectivity index is 1.51. The zero-order chi connectivity index (χ0) is 17.8. The number of amides is 2. The average molecular weight is 360 g/mol. The van der Waals surface area contributed by atoms with E-state index in [1.807, 2.05) is 12.1 Å². The molecule has 0 spiro atoms. The lowest BCUT2D eigenvalue weighted by Gasteiger charge is -2.15. The third-order valence-electron chi connectivity index (χ3n) is 4.03. The van der Waals surface area contributed by atoms with Crippen molar-refractivity contribution in [1.29, 1.82) is 0 Å². The summed E-state index contributed by atoms with van der Waals surface area (Å²) in [4.78, 5) is 12.0. The van der Waals surface area contributed by atoms with Gasteiger partial charge in [0.15, 0.2) is 11.6 Å². The molecular weight excluding hydrogens is 342 g/mol. The Morgan fingerprint density at radius 2 is 1.96 bits per heavy atom. The summed E-state index contributed by atoms with van der Waals surface area (Å²) in [5.41, 5.74) is 1.72. The van der Waals surface area contributed by atoms with Gasteiger partial charge in [0.1, 0.15) is 0 Å². The van der Waals surface area contributed by atoms with Crippen LogP contribution in [0.15, 0.2) is 47.8 Å². The fourth-order valence-corrected chi connectivity index (χ4v) is 3.65. The molecule has 0 fully saturated rings. The summed E-state index contributed by atoms with van der Waals surface area (Å²) in [6.07, 6.45) is 0.733. The zero-order valence-electron chi connectivity index (χ0n) is 13.7. The predicted molar refractivity (Wildman–Crippen MR) is 96.8 cm³/mol. The molecule has 0 bridgehead atoms. The highest BCUT2D eigenvalue weighted by Gasteiger charge is 2.12. The van der Waals surface area contributed by atoms with Gasteiger partial charge in [-0.15, -0.1) is 11.3 Å². The molecule has 1 aromatic heterocycles. The van der Waals surface area contributed by atoms with E-state index in [-0.39, 0.29) is 6.03 Å². The van der Waals surface area contributed by atoms with Crippen LogP contribution in [0.5, 0.6) is 0 Å². The summed E-state index contributed by atoms with van der Waals surface area (Å²) < 4.78 is 27.5. The molecular formula is C19H18F2N2OS. The highest BCUT2D eigenvalue weighted by molar-refractivity contribution is 7.17. The van der Waals surface area contributed by atoms with Crippen LogP contribution in [0.4, 0.5) is 13.6 Å². The Kier molecular flexibility index (Phi) is 5.28. The molecule has 1 atom stereocenters. The predicted octanol–water partition coefficient (Wildman–Crippen LogP) is 4.78. The molecule has 2 amide bonds. The van der Waals surface area contributed by atoms with Crippen LogP contribution < -0.4 is 10.6 Å². The van der Waals surface area contributed by atoms with E-state index in [4.69, 9.17) is 0 Å². The Morgan fingerprint density at radius 1 is 1.16 bits per heavy atom. The standard InChI is InChI=1S/C19H18F2N2OS/c1-12(13-6-7-16(20)17(21)10-13)23-19(24)22-9-8-14-11-25-18-5-3-2-4-15(14)18/h2-7,10-12H,8-9H2,1H3,(H2,22,23,24). The van der Waals surface area contributed by atoms with Crippen molar-refractivity contribution in [3.63, 3.8) is 0 Å². The molecule has 2 aromatic carbocycles. The maximum atomic E-state index is 13.3. The van der Waals surface area contributed by atoms with E-state index in [0.29, 0.717) is 12.1 Å². The molecule has 1 heterocycles. The number of carbonyl (C=O) groups is 1. The van der Waals surface area contributed by atoms with Crippen LogP contribution in [0.2, 0.25) is 0 Å². The molecule has 0 aliphatic rings. The van der Waals surface area contributed by atoms with Crippen LogP contribution in [-0.2, 0) is 6.42 Å². The van der Waals surface area contributed by atoms with Gasteiger partial charge in [0, 0.05) is 11.2 Å². The van der Waals surface area contributed by atoms with Gasteiger partial charge < -0.3 is 10.6 Å². The third-order valence-corrected chi connectivity index (χ3v) is 5.04. The van der Waals surface area contributed by atoms with Crippen molar-refractivity contribution in [3.05, 3.63) is 70.6 Å². The molecule has 2 N–H and O–H groups in total. The van der Waals surface area contributed by atoms with E-state index < -0.39 is 17.7 Å². The van der Waals surface area contributed by atoms with Gasteiger partial charge in [-0.25, -0.2) is 13.6 Å². The highest BCUT2D eigenvalue weighted by Crippen LogP contribution is 2.25. The fraction of sp³-hybridized carbons (Fsp3) is 0.211. The molecule has 25 heavy (non-hydrogen) atoms. The van der Waals surface area contributed by atoms with Crippen molar-refractivity contribution in [2.24, 2.45) is 0 Å². The number of nitrogens with one attached hydrogen (secondary N) is 2. The average Bonchev–Trinajstić information content (AvgIpc) is 3.00. The lowest BCUT2D eigenvalue weighted by molar-refractivity contribution is 0.238. The topological polar surface area (TPSA) is 41.1 Å². The Morgan fingerprint density at radius 3 is 2.76 bits per heavy atom. The smallest absolute Gasteiger partial charge is 0.315 e. The number of fused-ring (bicyclic) bond motifs is 1. The number of rotatable bonds is 5. The Bertz CT molecular complexity index is 894. The molecule has 0 saturated carbocycles. The molecule has 0 radical (unpaired) electrons. The first-order valence-electron chi connectivity index (χ1n) is 7.99. The first-order valence-corrected chi connectivity index (χ1v) is 8.87. The number of halogens is 2. The van der Waals surface area contributed by atoms with Gasteiger partial charge in [-0.1, -0.05) is 24.3 Å². The second-order valence-corrected chi connectivity index (χ2v) is 6.71. The van der Waals surface area contributed by atoms with Crippen molar-refractivity contribution in [1.82, 2.24) is 10.6 Å². The highest BCUT2D eigenvalue weighted by atomic mass is 32.1. The van der Waals surface area contributed by atoms with Crippen molar-refractivity contribution < 1.29 is 13.6 Å². The minimum absolute atomic E-state index is 0.336. The molecule has 3 aromatic rings. The summed E-state index contributed by atoms with van der Waals surface area (Å²) in [5, 5.41) is 8.84. The van der Waals surface area contributed by atoms with E-state index >= 15 is 0 Å². The van der Waals surface area contributed by atoms with Crippen LogP contribution in [0.25, 0.3) is 10.1 Å². The van der Waals surface area contributed by atoms with E-state index in [1.54, 1.807) is 18.3 Å². The molecule has 1 unspecified atom stereocenters. The van der Waals surface area contributed by atoms with Gasteiger partial charge in [0.25, 0.3) is 0 Å². The second kappa shape index (κ2) is 7.61. The summed E-state index contributed by atoms with van der Waals surface area (Å²) >= 11 is 1.69. The first-order chi connectivity index (χ1) is 12.0. The molecule has 3 nitrogen and oxygen atoms in total. The summed E-state index contributed by atoms with van der Waals surface area (Å²) in [5.74, 6) is -1.82. The van der Waals surface area contributed by atoms with E-state index in [2.05, 4.69) is 28.1 Å². The van der Waals surface area contributed by atoms with Gasteiger partial charge in [-0.05, 0) is 53.4 Å². The molecule has 0 saturated heterocycles. The third kappa shape index (κ3) is 4.14. The van der Waals surface area contributed by atoms with Crippen LogP contribution in [0, 0.1) is 11.6 Å². The largest absolute Gasteiger partial charge is 0.338 e. The fourth-order valence-electron chi connectivity index (χ4n) is 2.65. The number of benzene rings is 2. The summed E-state index contributed by atoms with van der Waals surface area (Å²) in [6.45, 7) is 2.22. The monoisotopic (exact) mass is 360 g/mol. The van der Waals surface area contributed by atoms with Gasteiger partial charge in [-0.3, -0.25) is 0 Å². The Hall–Kier alpha value is -2.47. The molecule has 0 aliphatic heterocycles. The first kappa shape index (κ1) is 17.4. The Labute approximate surface area is 148 Å². The molecule has 0 aliphatic carbocycles. The number of hydrogen-bond donors (Lipinski definition) is 2. The molecule has 130 valence electrons. The SMILES string of the molecule is CC(NC(=O)NCCc1csc2ccccc12)c1ccc(F)c(F)c1. The van der Waals surface area contributed by atoms with Crippen LogP contribution in [0.3, 0.4) is 0 Å². The van der Waals surface area contributed by atoms with Gasteiger partial charge >= 0.3 is 6.03 Å². The van der Waals surface area contributed by atoms with Crippen molar-refractivity contribution >= 4 is 27.5 Å². The van der Waals surface area contributed by atoms with Crippen molar-refractivity contribution in [3.8, 4) is 0 Å². The lowest BCUT2D eigenvalue weighted by atomic mass is 10.1. The minimum atomic E-state index is -0.920. The number of carbonyl (C=O) groups excluding carboxylic acids is 1. The van der Waals surface area contributed by atoms with Gasteiger partial charge in [0.2, 0.25) is 0 Å². The van der Waals surface area contributed by atoms with Crippen LogP contribution >= 0.6 is 11.3 Å². The van der Waals surface area contributed by atoms with E-state index in [0.717, 1.165) is 18.6 Å². The van der Waals surface area contributed by atoms with E-state index in [9.17, 15) is 13.6 Å². The van der Waals surface area contributed by atoms with Crippen LogP contribution in [0.1, 0.15) is 24.1 Å². The van der Waals surface area contributed by atoms with Crippen molar-refractivity contribution in [2.45, 2.75) is 19.4 Å². The molecule has 3 rings (SSSR count). The maximum absolute atomic E-state index is 13.3. The van der Waals surface area contributed by atoms with Gasteiger partial charge in [0.05, 0.1) is 6.04 Å². The number of urea groups is 1. The van der Waals surface area contributed by atoms with Crippen LogP contribution in [-0.4, -0.2) is 12.6 Å². The normalized spacial score (nSPS) is 12.1. The van der Waals surface area contributed by atoms with E-state index in [1.165, 1.54) is 21.7 Å². The second-order valence-electron chi connectivity index (χ2n) is 5.80. The van der Waals surface area contributed by atoms with Gasteiger partial charge in [-0.2, -0.15) is 0 Å². The zero-order valence-corrected chi connectivity index (χ0v) is 14.5. The van der Waals surface area contributed by atoms with Crippen molar-refractivity contribution in [2.75, 3.05) is 6.54 Å². The molecule has 6 heteroatoms.